The van der Waals surface area contributed by atoms with Crippen LogP contribution >= 0.6 is 0 Å². The number of imidazole rings is 1. The van der Waals surface area contributed by atoms with Crippen molar-refractivity contribution in [3.63, 3.8) is 0 Å². The molecule has 2 unspecified atom stereocenters. The van der Waals surface area contributed by atoms with Crippen molar-refractivity contribution >= 4 is 0 Å². The van der Waals surface area contributed by atoms with Crippen molar-refractivity contribution in [2.45, 2.75) is 50.6 Å². The molecule has 1 heterocycles. The third kappa shape index (κ3) is 2.87. The van der Waals surface area contributed by atoms with Crippen LogP contribution in [-0.4, -0.2) is 33.3 Å². The van der Waals surface area contributed by atoms with Crippen molar-refractivity contribution in [2.75, 3.05) is 13.2 Å². The topological polar surface area (TPSA) is 50.1 Å². The third-order valence-electron chi connectivity index (χ3n) is 3.82. The standard InChI is InChI=1S/C13H23N3O/c1-2-6-15-13(10-17)5-3-4-12(9-13)16-8-7-14-11-16/h7-8,11-12,15,17H,2-6,9-10H2,1H3. The first-order chi connectivity index (χ1) is 8.29. The molecule has 0 aliphatic heterocycles. The molecule has 2 N–H and O–H groups in total. The number of aromatic nitrogens is 2. The van der Waals surface area contributed by atoms with Crippen LogP contribution in [0.25, 0.3) is 0 Å². The molecule has 96 valence electrons. The van der Waals surface area contributed by atoms with E-state index in [1.807, 2.05) is 18.7 Å². The van der Waals surface area contributed by atoms with Crippen molar-refractivity contribution in [1.29, 1.82) is 0 Å². The molecule has 1 aliphatic rings. The molecule has 0 aromatic carbocycles. The Morgan fingerprint density at radius 2 is 2.47 bits per heavy atom. The molecule has 0 spiro atoms. The molecule has 2 atom stereocenters. The Hall–Kier alpha value is -0.870. The summed E-state index contributed by atoms with van der Waals surface area (Å²) < 4.78 is 2.18. The Balaban J connectivity index is 2.03. The van der Waals surface area contributed by atoms with E-state index in [1.54, 1.807) is 0 Å². The highest BCUT2D eigenvalue weighted by Gasteiger charge is 2.35. The summed E-state index contributed by atoms with van der Waals surface area (Å²) >= 11 is 0. The Kier molecular flexibility index (Phi) is 4.18. The van der Waals surface area contributed by atoms with Gasteiger partial charge in [0, 0.05) is 24.0 Å². The average Bonchev–Trinajstić information content (AvgIpc) is 2.90. The summed E-state index contributed by atoms with van der Waals surface area (Å²) in [7, 11) is 0. The van der Waals surface area contributed by atoms with Gasteiger partial charge in [-0.05, 0) is 38.6 Å². The quantitative estimate of drug-likeness (QED) is 0.820. The van der Waals surface area contributed by atoms with Gasteiger partial charge in [0.2, 0.25) is 0 Å². The van der Waals surface area contributed by atoms with Crippen LogP contribution in [0.15, 0.2) is 18.7 Å². The molecule has 1 aliphatic carbocycles. The third-order valence-corrected chi connectivity index (χ3v) is 3.82. The van der Waals surface area contributed by atoms with E-state index < -0.39 is 0 Å². The molecule has 0 radical (unpaired) electrons. The van der Waals surface area contributed by atoms with Crippen LogP contribution in [0.5, 0.6) is 0 Å². The molecular formula is C13H23N3O. The molecule has 0 amide bonds. The minimum atomic E-state index is -0.0802. The van der Waals surface area contributed by atoms with E-state index in [4.69, 9.17) is 0 Å². The van der Waals surface area contributed by atoms with E-state index >= 15 is 0 Å². The number of hydrogen-bond acceptors (Lipinski definition) is 3. The van der Waals surface area contributed by atoms with Crippen LogP contribution in [0.4, 0.5) is 0 Å². The van der Waals surface area contributed by atoms with E-state index in [9.17, 15) is 5.11 Å². The zero-order chi connectivity index (χ0) is 12.1. The largest absolute Gasteiger partial charge is 0.394 e. The summed E-state index contributed by atoms with van der Waals surface area (Å²) in [5.74, 6) is 0. The highest BCUT2D eigenvalue weighted by Crippen LogP contribution is 2.35. The van der Waals surface area contributed by atoms with Crippen molar-refractivity contribution < 1.29 is 5.11 Å². The smallest absolute Gasteiger partial charge is 0.0948 e. The maximum Gasteiger partial charge on any atom is 0.0948 e. The summed E-state index contributed by atoms with van der Waals surface area (Å²) in [5.41, 5.74) is -0.0802. The van der Waals surface area contributed by atoms with Crippen molar-refractivity contribution in [2.24, 2.45) is 0 Å². The molecule has 1 aromatic heterocycles. The van der Waals surface area contributed by atoms with E-state index in [0.717, 1.165) is 25.8 Å². The lowest BCUT2D eigenvalue weighted by atomic mass is 9.79. The van der Waals surface area contributed by atoms with Crippen molar-refractivity contribution in [3.8, 4) is 0 Å². The lowest BCUT2D eigenvalue weighted by molar-refractivity contribution is 0.0979. The molecule has 1 saturated carbocycles. The maximum absolute atomic E-state index is 9.70. The SMILES string of the molecule is CCCNC1(CO)CCCC(n2ccnc2)C1. The van der Waals surface area contributed by atoms with Gasteiger partial charge in [0.15, 0.2) is 0 Å². The van der Waals surface area contributed by atoms with Gasteiger partial charge in [-0.1, -0.05) is 6.92 Å². The molecule has 1 fully saturated rings. The summed E-state index contributed by atoms with van der Waals surface area (Å²) in [6.45, 7) is 3.38. The average molecular weight is 237 g/mol. The zero-order valence-electron chi connectivity index (χ0n) is 10.6. The van der Waals surface area contributed by atoms with Gasteiger partial charge in [0.25, 0.3) is 0 Å². The minimum Gasteiger partial charge on any atom is -0.394 e. The molecule has 0 saturated heterocycles. The summed E-state index contributed by atoms with van der Waals surface area (Å²) in [5, 5.41) is 13.2. The highest BCUT2D eigenvalue weighted by atomic mass is 16.3. The fourth-order valence-electron chi connectivity index (χ4n) is 2.82. The first-order valence-electron chi connectivity index (χ1n) is 6.63. The van der Waals surface area contributed by atoms with Crippen LogP contribution in [-0.2, 0) is 0 Å². The Bertz CT molecular complexity index is 325. The first kappa shape index (κ1) is 12.6. The van der Waals surface area contributed by atoms with Crippen LogP contribution in [0.2, 0.25) is 0 Å². The molecule has 4 heteroatoms. The van der Waals surface area contributed by atoms with Gasteiger partial charge in [-0.15, -0.1) is 0 Å². The lowest BCUT2D eigenvalue weighted by Gasteiger charge is -2.41. The fraction of sp³-hybridized carbons (Fsp3) is 0.769. The second-order valence-electron chi connectivity index (χ2n) is 5.13. The van der Waals surface area contributed by atoms with Crippen LogP contribution in [0, 0.1) is 0 Å². The normalized spacial score (nSPS) is 29.4. The van der Waals surface area contributed by atoms with E-state index in [2.05, 4.69) is 21.8 Å². The second-order valence-corrected chi connectivity index (χ2v) is 5.13. The van der Waals surface area contributed by atoms with Crippen molar-refractivity contribution in [3.05, 3.63) is 18.7 Å². The predicted octanol–water partition coefficient (Wildman–Crippen LogP) is 1.73. The fourth-order valence-corrected chi connectivity index (χ4v) is 2.82. The molecule has 4 nitrogen and oxygen atoms in total. The molecule has 0 bridgehead atoms. The summed E-state index contributed by atoms with van der Waals surface area (Å²) in [4.78, 5) is 4.11. The summed E-state index contributed by atoms with van der Waals surface area (Å²) in [6.07, 6.45) is 11.3. The molecule has 17 heavy (non-hydrogen) atoms. The number of nitrogens with one attached hydrogen (secondary N) is 1. The van der Waals surface area contributed by atoms with Gasteiger partial charge in [-0.2, -0.15) is 0 Å². The van der Waals surface area contributed by atoms with Gasteiger partial charge in [-0.25, -0.2) is 4.98 Å². The Morgan fingerprint density at radius 1 is 1.59 bits per heavy atom. The zero-order valence-corrected chi connectivity index (χ0v) is 10.6. The molecule has 1 aromatic rings. The van der Waals surface area contributed by atoms with Crippen LogP contribution < -0.4 is 5.32 Å². The minimum absolute atomic E-state index is 0.0802. The lowest BCUT2D eigenvalue weighted by Crippen LogP contribution is -2.52. The van der Waals surface area contributed by atoms with Crippen molar-refractivity contribution in [1.82, 2.24) is 14.9 Å². The second kappa shape index (κ2) is 5.65. The Labute approximate surface area is 103 Å². The van der Waals surface area contributed by atoms with Gasteiger partial charge in [0.05, 0.1) is 12.9 Å². The highest BCUT2D eigenvalue weighted by molar-refractivity contribution is 4.96. The predicted molar refractivity (Wildman–Crippen MR) is 67.8 cm³/mol. The van der Waals surface area contributed by atoms with E-state index in [0.29, 0.717) is 6.04 Å². The number of aliphatic hydroxyl groups is 1. The van der Waals surface area contributed by atoms with E-state index in [1.165, 1.54) is 12.8 Å². The van der Waals surface area contributed by atoms with Crippen LogP contribution in [0.1, 0.15) is 45.1 Å². The number of nitrogens with zero attached hydrogens (tertiary/aromatic N) is 2. The molecule has 2 rings (SSSR count). The van der Waals surface area contributed by atoms with Gasteiger partial charge >= 0.3 is 0 Å². The summed E-state index contributed by atoms with van der Waals surface area (Å²) in [6, 6.07) is 0.475. The maximum atomic E-state index is 9.70. The van der Waals surface area contributed by atoms with E-state index in [-0.39, 0.29) is 12.1 Å². The van der Waals surface area contributed by atoms with Crippen LogP contribution in [0.3, 0.4) is 0 Å². The Morgan fingerprint density at radius 3 is 3.12 bits per heavy atom. The van der Waals surface area contributed by atoms with Gasteiger partial charge < -0.3 is 15.0 Å². The number of hydrogen-bond donors (Lipinski definition) is 2. The molecular weight excluding hydrogens is 214 g/mol. The van der Waals surface area contributed by atoms with Gasteiger partial charge in [0.1, 0.15) is 0 Å². The number of rotatable bonds is 5. The first-order valence-corrected chi connectivity index (χ1v) is 6.63. The van der Waals surface area contributed by atoms with Gasteiger partial charge in [-0.3, -0.25) is 0 Å². The number of aliphatic hydroxyl groups excluding tert-OH is 1. The monoisotopic (exact) mass is 237 g/mol.